The van der Waals surface area contributed by atoms with Gasteiger partial charge in [-0.25, -0.2) is 0 Å². The van der Waals surface area contributed by atoms with Crippen LogP contribution in [-0.2, 0) is 9.53 Å². The number of nitrogens with one attached hydrogen (secondary N) is 1. The van der Waals surface area contributed by atoms with Crippen LogP contribution in [0.15, 0.2) is 0 Å². The van der Waals surface area contributed by atoms with Crippen LogP contribution in [0, 0.1) is 5.92 Å². The Morgan fingerprint density at radius 3 is 2.44 bits per heavy atom. The van der Waals surface area contributed by atoms with Crippen LogP contribution < -0.4 is 11.1 Å². The fourth-order valence-electron chi connectivity index (χ4n) is 1.97. The molecule has 0 fully saturated rings. The van der Waals surface area contributed by atoms with Crippen molar-refractivity contribution in [3.8, 4) is 0 Å². The molecule has 0 aliphatic carbocycles. The second-order valence-corrected chi connectivity index (χ2v) is 5.72. The lowest BCUT2D eigenvalue weighted by Crippen LogP contribution is -2.54. The zero-order valence-electron chi connectivity index (χ0n) is 12.6. The molecule has 0 aromatic heterocycles. The van der Waals surface area contributed by atoms with Crippen LogP contribution in [-0.4, -0.2) is 30.7 Å². The van der Waals surface area contributed by atoms with Crippen molar-refractivity contribution in [2.24, 2.45) is 11.7 Å². The third kappa shape index (κ3) is 6.97. The average Bonchev–Trinajstić information content (AvgIpc) is 2.28. The molecule has 1 amide bonds. The Morgan fingerprint density at radius 2 is 2.00 bits per heavy atom. The lowest BCUT2D eigenvalue weighted by molar-refractivity contribution is -0.133. The number of ether oxygens (including phenoxy) is 1. The van der Waals surface area contributed by atoms with E-state index in [1.165, 1.54) is 0 Å². The number of carbonyl (C=O) groups is 1. The molecule has 0 bridgehead atoms. The van der Waals surface area contributed by atoms with Crippen LogP contribution in [0.3, 0.4) is 0 Å². The number of hydrogen-bond acceptors (Lipinski definition) is 3. The summed E-state index contributed by atoms with van der Waals surface area (Å²) in [6.45, 7) is 11.2. The number of amides is 1. The van der Waals surface area contributed by atoms with Crippen LogP contribution in [0.2, 0.25) is 0 Å². The van der Waals surface area contributed by atoms with Crippen LogP contribution in [0.5, 0.6) is 0 Å². The summed E-state index contributed by atoms with van der Waals surface area (Å²) in [4.78, 5) is 12.0. The predicted octanol–water partition coefficient (Wildman–Crippen LogP) is 2.07. The standard InChI is InChI=1S/C14H30N2O2/c1-6-7-8-18-12(4)13(17)16-14(5,10-15)9-11(2)3/h11-12H,6-10,15H2,1-5H3,(H,16,17). The molecule has 0 heterocycles. The molecule has 0 radical (unpaired) electrons. The fourth-order valence-corrected chi connectivity index (χ4v) is 1.97. The number of nitrogens with two attached hydrogens (primary N) is 1. The van der Waals surface area contributed by atoms with Gasteiger partial charge < -0.3 is 15.8 Å². The normalized spacial score (nSPS) is 16.4. The molecule has 0 aliphatic rings. The third-order valence-electron chi connectivity index (χ3n) is 2.97. The van der Waals surface area contributed by atoms with Crippen molar-refractivity contribution in [1.82, 2.24) is 5.32 Å². The minimum atomic E-state index is -0.408. The zero-order chi connectivity index (χ0) is 14.2. The Hall–Kier alpha value is -0.610. The Bertz CT molecular complexity index is 244. The molecule has 0 aliphatic heterocycles. The summed E-state index contributed by atoms with van der Waals surface area (Å²) < 4.78 is 5.49. The molecule has 0 rings (SSSR count). The topological polar surface area (TPSA) is 64.3 Å². The van der Waals surface area contributed by atoms with Crippen molar-refractivity contribution < 1.29 is 9.53 Å². The number of rotatable bonds is 9. The molecule has 0 spiro atoms. The van der Waals surface area contributed by atoms with Crippen molar-refractivity contribution in [3.63, 3.8) is 0 Å². The van der Waals surface area contributed by atoms with Crippen LogP contribution in [0.4, 0.5) is 0 Å². The highest BCUT2D eigenvalue weighted by Crippen LogP contribution is 2.15. The molecule has 4 nitrogen and oxygen atoms in total. The fraction of sp³-hybridized carbons (Fsp3) is 0.929. The first-order valence-electron chi connectivity index (χ1n) is 6.98. The van der Waals surface area contributed by atoms with E-state index in [9.17, 15) is 4.79 Å². The molecule has 4 heteroatoms. The largest absolute Gasteiger partial charge is 0.369 e. The minimum Gasteiger partial charge on any atom is -0.369 e. The Morgan fingerprint density at radius 1 is 1.39 bits per heavy atom. The molecule has 0 aromatic carbocycles. The molecule has 108 valence electrons. The second kappa shape index (κ2) is 8.48. The van der Waals surface area contributed by atoms with Gasteiger partial charge in [0.25, 0.3) is 0 Å². The number of hydrogen-bond donors (Lipinski definition) is 2. The summed E-state index contributed by atoms with van der Waals surface area (Å²) in [5, 5.41) is 3.01. The monoisotopic (exact) mass is 258 g/mol. The van der Waals surface area contributed by atoms with Gasteiger partial charge in [0.05, 0.1) is 0 Å². The summed E-state index contributed by atoms with van der Waals surface area (Å²) in [6.07, 6.45) is 2.52. The first-order valence-corrected chi connectivity index (χ1v) is 6.98. The van der Waals surface area contributed by atoms with E-state index in [1.54, 1.807) is 6.92 Å². The first-order chi connectivity index (χ1) is 8.34. The van der Waals surface area contributed by atoms with E-state index in [4.69, 9.17) is 10.5 Å². The highest BCUT2D eigenvalue weighted by Gasteiger charge is 2.27. The van der Waals surface area contributed by atoms with Gasteiger partial charge in [-0.1, -0.05) is 27.2 Å². The van der Waals surface area contributed by atoms with Crippen molar-refractivity contribution in [3.05, 3.63) is 0 Å². The highest BCUT2D eigenvalue weighted by molar-refractivity contribution is 5.81. The summed E-state index contributed by atoms with van der Waals surface area (Å²) in [5.74, 6) is 0.426. The van der Waals surface area contributed by atoms with Gasteiger partial charge in [-0.15, -0.1) is 0 Å². The molecule has 0 aromatic rings. The average molecular weight is 258 g/mol. The quantitative estimate of drug-likeness (QED) is 0.622. The summed E-state index contributed by atoms with van der Waals surface area (Å²) in [7, 11) is 0. The van der Waals surface area contributed by atoms with E-state index in [-0.39, 0.29) is 11.4 Å². The lowest BCUT2D eigenvalue weighted by Gasteiger charge is -2.32. The van der Waals surface area contributed by atoms with Gasteiger partial charge in [0.15, 0.2) is 0 Å². The highest BCUT2D eigenvalue weighted by atomic mass is 16.5. The van der Waals surface area contributed by atoms with Crippen LogP contribution in [0.1, 0.15) is 53.9 Å². The summed E-state index contributed by atoms with van der Waals surface area (Å²) in [6, 6.07) is 0. The van der Waals surface area contributed by atoms with Gasteiger partial charge in [0, 0.05) is 18.7 Å². The third-order valence-corrected chi connectivity index (χ3v) is 2.97. The smallest absolute Gasteiger partial charge is 0.249 e. The van der Waals surface area contributed by atoms with Gasteiger partial charge in [-0.2, -0.15) is 0 Å². The van der Waals surface area contributed by atoms with Gasteiger partial charge >= 0.3 is 0 Å². The van der Waals surface area contributed by atoms with Gasteiger partial charge in [0.1, 0.15) is 6.10 Å². The van der Waals surface area contributed by atoms with Crippen molar-refractivity contribution in [2.75, 3.05) is 13.2 Å². The van der Waals surface area contributed by atoms with Crippen LogP contribution >= 0.6 is 0 Å². The molecule has 2 unspecified atom stereocenters. The predicted molar refractivity (Wildman–Crippen MR) is 75.4 cm³/mol. The minimum absolute atomic E-state index is 0.0697. The van der Waals surface area contributed by atoms with Crippen LogP contribution in [0.25, 0.3) is 0 Å². The Kier molecular flexibility index (Phi) is 8.20. The van der Waals surface area contributed by atoms with Gasteiger partial charge in [-0.05, 0) is 32.6 Å². The zero-order valence-corrected chi connectivity index (χ0v) is 12.6. The van der Waals surface area contributed by atoms with Crippen molar-refractivity contribution in [2.45, 2.75) is 65.5 Å². The van der Waals surface area contributed by atoms with E-state index < -0.39 is 6.10 Å². The second-order valence-electron chi connectivity index (χ2n) is 5.72. The van der Waals surface area contributed by atoms with Gasteiger partial charge in [-0.3, -0.25) is 4.79 Å². The Labute approximate surface area is 112 Å². The van der Waals surface area contributed by atoms with E-state index in [0.717, 1.165) is 19.3 Å². The van der Waals surface area contributed by atoms with E-state index >= 15 is 0 Å². The van der Waals surface area contributed by atoms with Crippen molar-refractivity contribution in [1.29, 1.82) is 0 Å². The summed E-state index contributed by atoms with van der Waals surface area (Å²) in [5.41, 5.74) is 5.43. The molecule has 2 atom stereocenters. The lowest BCUT2D eigenvalue weighted by atomic mass is 9.90. The molecule has 0 saturated heterocycles. The van der Waals surface area contributed by atoms with E-state index in [0.29, 0.717) is 19.1 Å². The molecule has 0 saturated carbocycles. The maximum atomic E-state index is 12.0. The van der Waals surface area contributed by atoms with E-state index in [2.05, 4.69) is 26.1 Å². The maximum Gasteiger partial charge on any atom is 0.249 e. The Balaban J connectivity index is 4.24. The molecular weight excluding hydrogens is 228 g/mol. The maximum absolute atomic E-state index is 12.0. The molecule has 3 N–H and O–H groups in total. The first kappa shape index (κ1) is 17.4. The number of carbonyl (C=O) groups excluding carboxylic acids is 1. The molecule has 18 heavy (non-hydrogen) atoms. The number of unbranched alkanes of at least 4 members (excludes halogenated alkanes) is 1. The molecular formula is C14H30N2O2. The van der Waals surface area contributed by atoms with Crippen molar-refractivity contribution >= 4 is 5.91 Å². The SMILES string of the molecule is CCCCOC(C)C(=O)NC(C)(CN)CC(C)C. The van der Waals surface area contributed by atoms with E-state index in [1.807, 2.05) is 6.92 Å². The van der Waals surface area contributed by atoms with Gasteiger partial charge in [0.2, 0.25) is 5.91 Å². The summed E-state index contributed by atoms with van der Waals surface area (Å²) >= 11 is 0.